The molecule has 0 radical (unpaired) electrons. The van der Waals surface area contributed by atoms with Gasteiger partial charge in [-0.15, -0.1) is 0 Å². The van der Waals surface area contributed by atoms with Crippen molar-refractivity contribution in [1.29, 1.82) is 0 Å². The molecule has 10 heteroatoms. The third-order valence-electron chi connectivity index (χ3n) is 4.97. The molecule has 1 aromatic heterocycles. The second-order valence-electron chi connectivity index (χ2n) is 7.07. The Labute approximate surface area is 175 Å². The van der Waals surface area contributed by atoms with Crippen LogP contribution in [0.5, 0.6) is 0 Å². The van der Waals surface area contributed by atoms with Crippen LogP contribution in [0.25, 0.3) is 11.4 Å². The zero-order valence-corrected chi connectivity index (χ0v) is 16.5. The molecule has 9 nitrogen and oxygen atoms in total. The lowest BCUT2D eigenvalue weighted by molar-refractivity contribution is -0.123. The van der Waals surface area contributed by atoms with Crippen LogP contribution in [0.1, 0.15) is 11.5 Å². The fraction of sp³-hybridized carbons (Fsp3) is 0.200. The monoisotopic (exact) mass is 422 g/mol. The van der Waals surface area contributed by atoms with Gasteiger partial charge in [0, 0.05) is 10.6 Å². The Morgan fingerprint density at radius 2 is 1.93 bits per heavy atom. The molecule has 30 heavy (non-hydrogen) atoms. The van der Waals surface area contributed by atoms with Crippen molar-refractivity contribution in [2.24, 2.45) is 10.3 Å². The highest BCUT2D eigenvalue weighted by Crippen LogP contribution is 2.33. The van der Waals surface area contributed by atoms with Crippen LogP contribution >= 0.6 is 11.6 Å². The summed E-state index contributed by atoms with van der Waals surface area (Å²) in [5.41, 5.74) is 2.30. The van der Waals surface area contributed by atoms with Crippen LogP contribution in [-0.2, 0) is 16.1 Å². The second kappa shape index (κ2) is 7.03. The Morgan fingerprint density at radius 3 is 2.73 bits per heavy atom. The number of imide groups is 1. The molecule has 3 heterocycles. The molecule has 0 N–H and O–H groups in total. The summed E-state index contributed by atoms with van der Waals surface area (Å²) in [5.74, 6) is -0.150. The van der Waals surface area contributed by atoms with Crippen LogP contribution in [0.4, 0.5) is 5.69 Å². The van der Waals surface area contributed by atoms with E-state index in [4.69, 9.17) is 16.1 Å². The van der Waals surface area contributed by atoms with Gasteiger partial charge in [0.2, 0.25) is 11.7 Å². The minimum atomic E-state index is -0.907. The number of hydrogen-bond acceptors (Lipinski definition) is 8. The van der Waals surface area contributed by atoms with Crippen molar-refractivity contribution in [2.45, 2.75) is 25.6 Å². The van der Waals surface area contributed by atoms with Crippen molar-refractivity contribution in [3.63, 3.8) is 0 Å². The summed E-state index contributed by atoms with van der Waals surface area (Å²) < 4.78 is 5.33. The number of halogens is 1. The van der Waals surface area contributed by atoms with Gasteiger partial charge in [-0.1, -0.05) is 51.8 Å². The van der Waals surface area contributed by atoms with Crippen LogP contribution in [-0.4, -0.2) is 39.0 Å². The minimum Gasteiger partial charge on any atom is -0.337 e. The predicted octanol–water partition coefficient (Wildman–Crippen LogP) is 3.19. The molecule has 150 valence electrons. The Kier molecular flexibility index (Phi) is 4.32. The molecule has 1 saturated heterocycles. The van der Waals surface area contributed by atoms with Gasteiger partial charge in [-0.05, 0) is 31.2 Å². The maximum atomic E-state index is 13.0. The van der Waals surface area contributed by atoms with Crippen LogP contribution in [0.15, 0.2) is 63.4 Å². The Bertz CT molecular complexity index is 1190. The quantitative estimate of drug-likeness (QED) is 0.598. The van der Waals surface area contributed by atoms with E-state index in [0.717, 1.165) is 16.0 Å². The summed E-state index contributed by atoms with van der Waals surface area (Å²) in [6, 6.07) is 12.5. The number of nitrogens with zero attached hydrogens (tertiary/aromatic N) is 6. The van der Waals surface area contributed by atoms with E-state index in [-0.39, 0.29) is 12.4 Å². The van der Waals surface area contributed by atoms with Gasteiger partial charge in [0.25, 0.3) is 11.8 Å². The average molecular weight is 423 g/mol. The highest BCUT2D eigenvalue weighted by Gasteiger charge is 2.55. The topological polar surface area (TPSA) is 104 Å². The first kappa shape index (κ1) is 18.4. The number of aromatic nitrogens is 2. The van der Waals surface area contributed by atoms with Crippen LogP contribution in [0, 0.1) is 6.92 Å². The summed E-state index contributed by atoms with van der Waals surface area (Å²) >= 11 is 6.01. The Hall–Kier alpha value is -3.59. The smallest absolute Gasteiger partial charge is 0.263 e. The number of carbonyl (C=O) groups excluding carboxylic acids is 2. The van der Waals surface area contributed by atoms with E-state index in [1.807, 2.05) is 31.2 Å². The van der Waals surface area contributed by atoms with Crippen LogP contribution in [0.3, 0.4) is 0 Å². The predicted molar refractivity (Wildman–Crippen MR) is 106 cm³/mol. The Balaban J connectivity index is 1.37. The summed E-state index contributed by atoms with van der Waals surface area (Å²) in [7, 11) is 0. The number of aryl methyl sites for hydroxylation is 1. The van der Waals surface area contributed by atoms with Gasteiger partial charge in [-0.3, -0.25) is 14.6 Å². The van der Waals surface area contributed by atoms with E-state index in [0.29, 0.717) is 16.5 Å². The van der Waals surface area contributed by atoms with Crippen molar-refractivity contribution in [2.75, 3.05) is 4.90 Å². The number of amides is 2. The first-order chi connectivity index (χ1) is 14.5. The molecule has 2 amide bonds. The SMILES string of the molecule is Cc1cccc(-c2noc(CN3N=N[C@H]4C(=O)N(c5cccc(Cl)c5)C(=O)[C@H]43)n2)c1. The fourth-order valence-electron chi connectivity index (χ4n) is 3.58. The molecule has 2 atom stereocenters. The summed E-state index contributed by atoms with van der Waals surface area (Å²) in [6.07, 6.45) is 0. The van der Waals surface area contributed by atoms with E-state index in [1.54, 1.807) is 24.3 Å². The fourth-order valence-corrected chi connectivity index (χ4v) is 3.77. The molecule has 0 unspecified atom stereocenters. The van der Waals surface area contributed by atoms with Gasteiger partial charge in [0.15, 0.2) is 12.1 Å². The molecule has 3 aromatic rings. The summed E-state index contributed by atoms with van der Waals surface area (Å²) in [5, 5.41) is 13.8. The number of benzene rings is 2. The van der Waals surface area contributed by atoms with Crippen molar-refractivity contribution < 1.29 is 14.1 Å². The maximum Gasteiger partial charge on any atom is 0.263 e. The summed E-state index contributed by atoms with van der Waals surface area (Å²) in [6.45, 7) is 2.04. The molecule has 5 rings (SSSR count). The van der Waals surface area contributed by atoms with E-state index in [2.05, 4.69) is 20.5 Å². The molecule has 2 aliphatic rings. The lowest BCUT2D eigenvalue weighted by Gasteiger charge is -2.19. The molecule has 0 saturated carbocycles. The van der Waals surface area contributed by atoms with Crippen LogP contribution in [0.2, 0.25) is 5.02 Å². The molecular formula is C20H15ClN6O3. The standard InChI is InChI=1S/C20H15ClN6O3/c1-11-4-2-5-12(8-11)18-22-15(30-24-18)10-26-17-16(23-25-26)19(28)27(20(17)29)14-7-3-6-13(21)9-14/h2-9,16-17H,10H2,1H3/t16-,17+/m1/s1. The van der Waals surface area contributed by atoms with Crippen molar-refractivity contribution in [3.8, 4) is 11.4 Å². The first-order valence-corrected chi connectivity index (χ1v) is 9.59. The number of carbonyl (C=O) groups is 2. The molecule has 0 aliphatic carbocycles. The Morgan fingerprint density at radius 1 is 1.10 bits per heavy atom. The molecule has 2 aliphatic heterocycles. The maximum absolute atomic E-state index is 13.0. The van der Waals surface area contributed by atoms with Crippen molar-refractivity contribution in [3.05, 3.63) is 65.0 Å². The largest absolute Gasteiger partial charge is 0.337 e. The molecule has 1 fully saturated rings. The minimum absolute atomic E-state index is 0.0614. The van der Waals surface area contributed by atoms with Gasteiger partial charge < -0.3 is 4.52 Å². The summed E-state index contributed by atoms with van der Waals surface area (Å²) in [4.78, 5) is 31.2. The number of anilines is 1. The lowest BCUT2D eigenvalue weighted by atomic mass is 10.1. The van der Waals surface area contributed by atoms with Crippen molar-refractivity contribution >= 4 is 29.1 Å². The van der Waals surface area contributed by atoms with E-state index in [1.165, 1.54) is 5.01 Å². The number of hydrogen-bond donors (Lipinski definition) is 0. The van der Waals surface area contributed by atoms with E-state index >= 15 is 0 Å². The zero-order chi connectivity index (χ0) is 20.8. The number of rotatable bonds is 4. The van der Waals surface area contributed by atoms with Gasteiger partial charge >= 0.3 is 0 Å². The first-order valence-electron chi connectivity index (χ1n) is 9.22. The number of fused-ring (bicyclic) bond motifs is 1. The van der Waals surface area contributed by atoms with Crippen LogP contribution < -0.4 is 4.90 Å². The highest BCUT2D eigenvalue weighted by molar-refractivity contribution is 6.31. The van der Waals surface area contributed by atoms with E-state index in [9.17, 15) is 9.59 Å². The van der Waals surface area contributed by atoms with Gasteiger partial charge in [-0.25, -0.2) is 4.90 Å². The third-order valence-corrected chi connectivity index (χ3v) is 5.20. The third kappa shape index (κ3) is 3.03. The molecule has 0 bridgehead atoms. The van der Waals surface area contributed by atoms with Crippen molar-refractivity contribution in [1.82, 2.24) is 15.1 Å². The molecule has 2 aromatic carbocycles. The van der Waals surface area contributed by atoms with E-state index < -0.39 is 23.9 Å². The van der Waals surface area contributed by atoms with Gasteiger partial charge in [0.05, 0.1) is 5.69 Å². The second-order valence-corrected chi connectivity index (χ2v) is 7.50. The lowest BCUT2D eigenvalue weighted by Crippen LogP contribution is -2.39. The molecular weight excluding hydrogens is 408 g/mol. The highest BCUT2D eigenvalue weighted by atomic mass is 35.5. The normalized spacial score (nSPS) is 20.3. The van der Waals surface area contributed by atoms with Gasteiger partial charge in [0.1, 0.15) is 6.54 Å². The average Bonchev–Trinajstić information content (AvgIpc) is 3.41. The molecule has 0 spiro atoms. The zero-order valence-electron chi connectivity index (χ0n) is 15.8. The van der Waals surface area contributed by atoms with Gasteiger partial charge in [-0.2, -0.15) is 10.1 Å².